The summed E-state index contributed by atoms with van der Waals surface area (Å²) in [4.78, 5) is 39.0. The molecule has 0 bridgehead atoms. The number of hydrogen-bond donors (Lipinski definition) is 2. The standard InChI is InChI=1S/C46H55N8O10P/c1-29(2)54(30(3)4)65(61-26-12-24-48)64-40-39(62-44(41(40)60-28-59-25-11-23-47)53-27-50-37-42(53)51-45(49)52-43(37)56)38(31(5)55)63-46(32-13-9-8-10-14-32,33-15-19-35(57-6)20-16-33)34-17-21-36(58-7)22-18-34/h8-10,13-22,27,29-30,38-41,44H,11-12,25-26,28H2,1-7H3,(H3,49,51,52,56)/t38?,39-,40-,41-,44-,65?/m1/s1. The van der Waals surface area contributed by atoms with E-state index in [1.54, 1.807) is 14.2 Å². The van der Waals surface area contributed by atoms with E-state index in [9.17, 15) is 20.1 Å². The fourth-order valence-corrected chi connectivity index (χ4v) is 9.61. The van der Waals surface area contributed by atoms with Gasteiger partial charge in [-0.15, -0.1) is 0 Å². The SMILES string of the molecule is COc1ccc(C(OC(C(C)=O)[C@H]2O[C@@H](n3cnc4c(=O)[nH]c(N)nc43)[C@H](OCOCCC#N)[C@@H]2OP(OCCC#N)N(C(C)C)C(C)C)(c2ccccc2)c2ccc(OC)cc2)cc1. The van der Waals surface area contributed by atoms with Gasteiger partial charge in [0.1, 0.15) is 48.3 Å². The molecule has 5 aromatic rings. The maximum Gasteiger partial charge on any atom is 0.280 e. The molecule has 1 aliphatic rings. The number of fused-ring (bicyclic) bond motifs is 1. The molecule has 2 aromatic heterocycles. The number of nitrogens with zero attached hydrogens (tertiary/aromatic N) is 6. The first-order valence-electron chi connectivity index (χ1n) is 21.1. The molecule has 0 amide bonds. The molecular weight excluding hydrogens is 856 g/mol. The number of hydrogen-bond acceptors (Lipinski definition) is 16. The van der Waals surface area contributed by atoms with Crippen molar-refractivity contribution in [1.82, 2.24) is 24.2 Å². The molecule has 3 N–H and O–H groups in total. The number of methoxy groups -OCH3 is 2. The highest BCUT2D eigenvalue weighted by molar-refractivity contribution is 7.44. The van der Waals surface area contributed by atoms with Crippen molar-refractivity contribution in [3.8, 4) is 23.6 Å². The number of nitriles is 2. The van der Waals surface area contributed by atoms with Crippen LogP contribution >= 0.6 is 8.53 Å². The van der Waals surface area contributed by atoms with Crippen LogP contribution in [0.15, 0.2) is 90.0 Å². The minimum absolute atomic E-state index is 0.0258. The third-order valence-corrected chi connectivity index (χ3v) is 12.8. The third kappa shape index (κ3) is 10.8. The Morgan fingerprint density at radius 3 is 2.05 bits per heavy atom. The Labute approximate surface area is 379 Å². The third-order valence-electron chi connectivity index (χ3n) is 10.7. The predicted molar refractivity (Wildman–Crippen MR) is 240 cm³/mol. The van der Waals surface area contributed by atoms with Gasteiger partial charge in [0.25, 0.3) is 14.1 Å². The lowest BCUT2D eigenvalue weighted by atomic mass is 9.79. The molecule has 65 heavy (non-hydrogen) atoms. The van der Waals surface area contributed by atoms with Gasteiger partial charge >= 0.3 is 0 Å². The zero-order valence-electron chi connectivity index (χ0n) is 37.5. The number of carbonyl (C=O) groups excluding carboxylic acids is 1. The summed E-state index contributed by atoms with van der Waals surface area (Å²) in [7, 11) is 1.14. The maximum absolute atomic E-state index is 14.7. The van der Waals surface area contributed by atoms with Crippen LogP contribution in [0, 0.1) is 22.7 Å². The number of ketones is 1. The molecule has 3 aromatic carbocycles. The number of carbonyl (C=O) groups is 1. The minimum atomic E-state index is -2.02. The molecule has 344 valence electrons. The lowest BCUT2D eigenvalue weighted by Crippen LogP contribution is -2.50. The summed E-state index contributed by atoms with van der Waals surface area (Å²) in [6.45, 7) is 9.18. The van der Waals surface area contributed by atoms with Crippen LogP contribution in [0.1, 0.15) is 70.4 Å². The van der Waals surface area contributed by atoms with Crippen LogP contribution in [0.2, 0.25) is 0 Å². The minimum Gasteiger partial charge on any atom is -0.497 e. The lowest BCUT2D eigenvalue weighted by molar-refractivity contribution is -0.163. The summed E-state index contributed by atoms with van der Waals surface area (Å²) in [5.41, 5.74) is 6.02. The maximum atomic E-state index is 14.7. The molecule has 6 atom stereocenters. The van der Waals surface area contributed by atoms with Gasteiger partial charge in [0, 0.05) is 12.1 Å². The highest BCUT2D eigenvalue weighted by atomic mass is 31.2. The van der Waals surface area contributed by atoms with E-state index in [4.69, 9.17) is 43.2 Å². The average Bonchev–Trinajstić information content (AvgIpc) is 3.88. The van der Waals surface area contributed by atoms with Gasteiger partial charge in [0.15, 0.2) is 23.2 Å². The lowest BCUT2D eigenvalue weighted by Gasteiger charge is -2.41. The molecular formula is C46H55N8O10P. The predicted octanol–water partition coefficient (Wildman–Crippen LogP) is 6.52. The van der Waals surface area contributed by atoms with E-state index in [0.29, 0.717) is 28.2 Å². The van der Waals surface area contributed by atoms with E-state index in [1.807, 2.05) is 111 Å². The number of rotatable bonds is 23. The second-order valence-electron chi connectivity index (χ2n) is 15.6. The van der Waals surface area contributed by atoms with Crippen molar-refractivity contribution >= 4 is 31.4 Å². The van der Waals surface area contributed by atoms with Gasteiger partial charge in [-0.25, -0.2) is 9.65 Å². The fourth-order valence-electron chi connectivity index (χ4n) is 7.86. The Balaban J connectivity index is 1.60. The van der Waals surface area contributed by atoms with Crippen molar-refractivity contribution in [3.05, 3.63) is 112 Å². The Morgan fingerprint density at radius 1 is 0.908 bits per heavy atom. The number of H-pyrrole nitrogens is 1. The Hall–Kier alpha value is -5.79. The number of nitrogens with two attached hydrogens (primary N) is 1. The molecule has 6 rings (SSSR count). The van der Waals surface area contributed by atoms with Crippen LogP contribution in [0.3, 0.4) is 0 Å². The number of nitrogens with one attached hydrogen (secondary N) is 1. The first-order chi connectivity index (χ1) is 31.4. The average molecular weight is 911 g/mol. The van der Waals surface area contributed by atoms with E-state index >= 15 is 0 Å². The summed E-state index contributed by atoms with van der Waals surface area (Å²) in [5, 5.41) is 18.8. The normalized spacial score (nSPS) is 18.5. The van der Waals surface area contributed by atoms with E-state index in [2.05, 4.69) is 27.1 Å². The molecule has 0 radical (unpaired) electrons. The number of anilines is 1. The second-order valence-corrected chi connectivity index (χ2v) is 17.0. The van der Waals surface area contributed by atoms with Gasteiger partial charge < -0.3 is 43.2 Å². The van der Waals surface area contributed by atoms with Crippen LogP contribution in [0.4, 0.5) is 5.95 Å². The van der Waals surface area contributed by atoms with Gasteiger partial charge in [-0.3, -0.25) is 19.1 Å². The summed E-state index contributed by atoms with van der Waals surface area (Å²) in [5.74, 6) is 0.612. The van der Waals surface area contributed by atoms with Crippen LogP contribution in [0.25, 0.3) is 11.2 Å². The van der Waals surface area contributed by atoms with E-state index < -0.39 is 56.1 Å². The summed E-state index contributed by atoms with van der Waals surface area (Å²) >= 11 is 0. The summed E-state index contributed by atoms with van der Waals surface area (Å²) in [6.07, 6.45) is -4.71. The number of nitrogen functional groups attached to an aromatic ring is 1. The van der Waals surface area contributed by atoms with Crippen LogP contribution < -0.4 is 20.8 Å². The van der Waals surface area contributed by atoms with Crippen LogP contribution in [0.5, 0.6) is 11.5 Å². The number of benzene rings is 3. The summed E-state index contributed by atoms with van der Waals surface area (Å²) in [6, 6.07) is 28.2. The number of imidazole rings is 1. The van der Waals surface area contributed by atoms with Crippen molar-refractivity contribution in [3.63, 3.8) is 0 Å². The zero-order chi connectivity index (χ0) is 46.7. The number of Topliss-reactive ketones (excluding diaryl/α,β-unsaturated/α-hetero) is 1. The first-order valence-corrected chi connectivity index (χ1v) is 22.2. The largest absolute Gasteiger partial charge is 0.497 e. The molecule has 18 nitrogen and oxygen atoms in total. The number of aromatic nitrogens is 4. The molecule has 2 unspecified atom stereocenters. The molecule has 0 spiro atoms. The van der Waals surface area contributed by atoms with Crippen LogP contribution in [-0.2, 0) is 38.4 Å². The Kier molecular flexibility index (Phi) is 16.8. The quantitative estimate of drug-likeness (QED) is 0.0308. The number of aromatic amines is 1. The zero-order valence-corrected chi connectivity index (χ0v) is 38.3. The molecule has 1 fully saturated rings. The first kappa shape index (κ1) is 48.7. The van der Waals surface area contributed by atoms with Gasteiger partial charge in [0.05, 0.1) is 58.7 Å². The van der Waals surface area contributed by atoms with Crippen LogP contribution in [-0.4, -0.2) is 101 Å². The molecule has 19 heteroatoms. The molecule has 0 aliphatic carbocycles. The van der Waals surface area contributed by atoms with E-state index in [0.717, 1.165) is 0 Å². The monoisotopic (exact) mass is 910 g/mol. The molecule has 1 saturated heterocycles. The molecule has 1 aliphatic heterocycles. The highest BCUT2D eigenvalue weighted by Crippen LogP contribution is 2.52. The Morgan fingerprint density at radius 2 is 1.49 bits per heavy atom. The fraction of sp³-hybridized carbons (Fsp3) is 0.435. The van der Waals surface area contributed by atoms with Gasteiger partial charge in [-0.2, -0.15) is 15.5 Å². The summed E-state index contributed by atoms with van der Waals surface area (Å²) < 4.78 is 55.1. The molecule has 0 saturated carbocycles. The second kappa shape index (κ2) is 22.4. The Bertz CT molecular complexity index is 2420. The van der Waals surface area contributed by atoms with Crippen molar-refractivity contribution in [1.29, 1.82) is 10.5 Å². The van der Waals surface area contributed by atoms with Crippen molar-refractivity contribution in [2.75, 3.05) is 40.0 Å². The van der Waals surface area contributed by atoms with Crippen molar-refractivity contribution in [2.24, 2.45) is 0 Å². The smallest absolute Gasteiger partial charge is 0.280 e. The van der Waals surface area contributed by atoms with Gasteiger partial charge in [-0.1, -0.05) is 54.6 Å². The molecule has 3 heterocycles. The van der Waals surface area contributed by atoms with Crippen molar-refractivity contribution < 1.29 is 42.3 Å². The van der Waals surface area contributed by atoms with E-state index in [-0.39, 0.29) is 62.0 Å². The topological polar surface area (TPSA) is 231 Å². The van der Waals surface area contributed by atoms with Crippen molar-refractivity contribution in [2.45, 2.75) is 95.8 Å². The highest BCUT2D eigenvalue weighted by Gasteiger charge is 2.56. The van der Waals surface area contributed by atoms with Gasteiger partial charge in [-0.05, 0) is 75.6 Å². The number of ether oxygens (including phenoxy) is 6. The van der Waals surface area contributed by atoms with E-state index in [1.165, 1.54) is 17.8 Å². The van der Waals surface area contributed by atoms with Gasteiger partial charge in [0.2, 0.25) is 5.95 Å².